The van der Waals surface area contributed by atoms with Crippen LogP contribution in [-0.4, -0.2) is 38.7 Å². The van der Waals surface area contributed by atoms with Crippen LogP contribution in [0.15, 0.2) is 36.4 Å². The Hall–Kier alpha value is -2.89. The highest BCUT2D eigenvalue weighted by atomic mass is 16.2. The zero-order chi connectivity index (χ0) is 19.8. The topological polar surface area (TPSA) is 77.0 Å². The third-order valence-electron chi connectivity index (χ3n) is 5.59. The number of piperidine rings is 1. The number of para-hydroxylation sites is 1. The fourth-order valence-corrected chi connectivity index (χ4v) is 3.99. The van der Waals surface area contributed by atoms with Crippen LogP contribution in [0.2, 0.25) is 0 Å². The number of nitrogen functional groups attached to an aromatic ring is 1. The Kier molecular flexibility index (Phi) is 4.79. The SMILES string of the molecule is CC(C)c1cc(C(=O)N2CCC[C@@H](c3nc4ccccc4cc3N)C2)n(C)n1. The number of nitrogens with zero attached hydrogens (tertiary/aromatic N) is 4. The maximum atomic E-state index is 13.1. The van der Waals surface area contributed by atoms with Gasteiger partial charge in [0.05, 0.1) is 22.6 Å². The van der Waals surface area contributed by atoms with Crippen molar-refractivity contribution < 1.29 is 4.79 Å². The molecule has 2 N–H and O–H groups in total. The molecule has 146 valence electrons. The van der Waals surface area contributed by atoms with Crippen LogP contribution in [0.25, 0.3) is 10.9 Å². The zero-order valence-electron chi connectivity index (χ0n) is 16.7. The molecule has 3 heterocycles. The molecular formula is C22H27N5O. The molecule has 0 aliphatic carbocycles. The minimum atomic E-state index is 0.0333. The standard InChI is InChI=1S/C22H27N5O/c1-14(2)19-12-20(26(3)25-19)22(28)27-10-6-8-16(13-27)21-17(23)11-15-7-4-5-9-18(15)24-21/h4-5,7,9,11-12,14,16H,6,8,10,13,23H2,1-3H3/t16-/m1/s1. The van der Waals surface area contributed by atoms with Crippen LogP contribution < -0.4 is 5.73 Å². The Labute approximate surface area is 165 Å². The van der Waals surface area contributed by atoms with Gasteiger partial charge in [0, 0.05) is 31.4 Å². The lowest BCUT2D eigenvalue weighted by atomic mass is 9.92. The first-order valence-corrected chi connectivity index (χ1v) is 9.92. The monoisotopic (exact) mass is 377 g/mol. The quantitative estimate of drug-likeness (QED) is 0.755. The number of nitrogens with two attached hydrogens (primary N) is 1. The van der Waals surface area contributed by atoms with Crippen molar-refractivity contribution in [2.75, 3.05) is 18.8 Å². The Morgan fingerprint density at radius 2 is 2.04 bits per heavy atom. The number of carbonyl (C=O) groups is 1. The maximum absolute atomic E-state index is 13.1. The number of anilines is 1. The number of carbonyl (C=O) groups excluding carboxylic acids is 1. The molecule has 0 unspecified atom stereocenters. The van der Waals surface area contributed by atoms with Crippen molar-refractivity contribution in [3.63, 3.8) is 0 Å². The van der Waals surface area contributed by atoms with Crippen LogP contribution in [0.3, 0.4) is 0 Å². The summed E-state index contributed by atoms with van der Waals surface area (Å²) in [7, 11) is 1.84. The van der Waals surface area contributed by atoms with Gasteiger partial charge < -0.3 is 10.6 Å². The third kappa shape index (κ3) is 3.35. The van der Waals surface area contributed by atoms with Crippen molar-refractivity contribution >= 4 is 22.5 Å². The molecule has 2 aromatic heterocycles. The van der Waals surface area contributed by atoms with E-state index in [2.05, 4.69) is 18.9 Å². The predicted molar refractivity (Wildman–Crippen MR) is 111 cm³/mol. The molecular weight excluding hydrogens is 350 g/mol. The Morgan fingerprint density at radius 1 is 1.25 bits per heavy atom. The molecule has 1 fully saturated rings. The zero-order valence-corrected chi connectivity index (χ0v) is 16.7. The Balaban J connectivity index is 1.59. The van der Waals surface area contributed by atoms with E-state index in [4.69, 9.17) is 10.7 Å². The van der Waals surface area contributed by atoms with Gasteiger partial charge >= 0.3 is 0 Å². The van der Waals surface area contributed by atoms with Gasteiger partial charge in [-0.25, -0.2) is 0 Å². The van der Waals surface area contributed by atoms with Crippen LogP contribution >= 0.6 is 0 Å². The van der Waals surface area contributed by atoms with Gasteiger partial charge in [0.15, 0.2) is 0 Å². The van der Waals surface area contributed by atoms with E-state index in [-0.39, 0.29) is 11.8 Å². The lowest BCUT2D eigenvalue weighted by Crippen LogP contribution is -2.40. The average Bonchev–Trinajstić information content (AvgIpc) is 3.09. The number of aryl methyl sites for hydroxylation is 1. The fraction of sp³-hybridized carbons (Fsp3) is 0.409. The van der Waals surface area contributed by atoms with Gasteiger partial charge in [-0.1, -0.05) is 32.0 Å². The van der Waals surface area contributed by atoms with Gasteiger partial charge in [0.1, 0.15) is 5.69 Å². The van der Waals surface area contributed by atoms with Crippen LogP contribution in [0.4, 0.5) is 5.69 Å². The summed E-state index contributed by atoms with van der Waals surface area (Å²) >= 11 is 0. The molecule has 6 heteroatoms. The summed E-state index contributed by atoms with van der Waals surface area (Å²) in [6.07, 6.45) is 1.93. The number of amides is 1. The average molecular weight is 377 g/mol. The summed E-state index contributed by atoms with van der Waals surface area (Å²) in [4.78, 5) is 19.9. The minimum Gasteiger partial charge on any atom is -0.397 e. The van der Waals surface area contributed by atoms with Gasteiger partial charge in [0.25, 0.3) is 5.91 Å². The van der Waals surface area contributed by atoms with Crippen molar-refractivity contribution in [2.24, 2.45) is 7.05 Å². The van der Waals surface area contributed by atoms with Crippen molar-refractivity contribution in [1.82, 2.24) is 19.7 Å². The van der Waals surface area contributed by atoms with Crippen molar-refractivity contribution in [3.8, 4) is 0 Å². The summed E-state index contributed by atoms with van der Waals surface area (Å²) in [5.41, 5.74) is 10.5. The first-order valence-electron chi connectivity index (χ1n) is 9.92. The molecule has 6 nitrogen and oxygen atoms in total. The number of benzene rings is 1. The van der Waals surface area contributed by atoms with Crippen LogP contribution in [0, 0.1) is 0 Å². The van der Waals surface area contributed by atoms with E-state index in [0.717, 1.165) is 41.7 Å². The normalized spacial score (nSPS) is 17.4. The molecule has 0 spiro atoms. The third-order valence-corrected chi connectivity index (χ3v) is 5.59. The highest BCUT2D eigenvalue weighted by molar-refractivity contribution is 5.93. The van der Waals surface area contributed by atoms with E-state index in [1.807, 2.05) is 48.3 Å². The number of hydrogen-bond donors (Lipinski definition) is 1. The molecule has 0 saturated carbocycles. The van der Waals surface area contributed by atoms with Gasteiger partial charge in [-0.2, -0.15) is 5.10 Å². The number of pyridine rings is 1. The Bertz CT molecular complexity index is 1020. The summed E-state index contributed by atoms with van der Waals surface area (Å²) in [6, 6.07) is 11.9. The molecule has 1 aromatic carbocycles. The van der Waals surface area contributed by atoms with Gasteiger partial charge in [0.2, 0.25) is 0 Å². The lowest BCUT2D eigenvalue weighted by Gasteiger charge is -2.33. The number of hydrogen-bond acceptors (Lipinski definition) is 4. The Morgan fingerprint density at radius 3 is 2.79 bits per heavy atom. The predicted octanol–water partition coefficient (Wildman–Crippen LogP) is 3.69. The minimum absolute atomic E-state index is 0.0333. The van der Waals surface area contributed by atoms with Gasteiger partial charge in [-0.15, -0.1) is 0 Å². The molecule has 1 atom stereocenters. The summed E-state index contributed by atoms with van der Waals surface area (Å²) in [5.74, 6) is 0.481. The highest BCUT2D eigenvalue weighted by Gasteiger charge is 2.29. The lowest BCUT2D eigenvalue weighted by molar-refractivity contribution is 0.0695. The van der Waals surface area contributed by atoms with Crippen LogP contribution in [0.5, 0.6) is 0 Å². The van der Waals surface area contributed by atoms with Crippen molar-refractivity contribution in [2.45, 2.75) is 38.5 Å². The number of rotatable bonds is 3. The summed E-state index contributed by atoms with van der Waals surface area (Å²) in [6.45, 7) is 5.56. The molecule has 3 aromatic rings. The van der Waals surface area contributed by atoms with E-state index in [1.165, 1.54) is 0 Å². The largest absolute Gasteiger partial charge is 0.397 e. The van der Waals surface area contributed by atoms with Gasteiger partial charge in [-0.3, -0.25) is 14.5 Å². The molecule has 1 saturated heterocycles. The highest BCUT2D eigenvalue weighted by Crippen LogP contribution is 2.32. The molecule has 1 aliphatic heterocycles. The number of likely N-dealkylation sites (tertiary alicyclic amines) is 1. The van der Waals surface area contributed by atoms with Crippen LogP contribution in [0.1, 0.15) is 60.4 Å². The molecule has 0 bridgehead atoms. The maximum Gasteiger partial charge on any atom is 0.272 e. The van der Waals surface area contributed by atoms with Crippen LogP contribution in [-0.2, 0) is 7.05 Å². The molecule has 0 radical (unpaired) electrons. The molecule has 28 heavy (non-hydrogen) atoms. The second-order valence-corrected chi connectivity index (χ2v) is 7.98. The fourth-order valence-electron chi connectivity index (χ4n) is 3.99. The van der Waals surface area contributed by atoms with E-state index in [0.29, 0.717) is 23.8 Å². The molecule has 1 aliphatic rings. The number of fused-ring (bicyclic) bond motifs is 1. The molecule has 1 amide bonds. The summed E-state index contributed by atoms with van der Waals surface area (Å²) in [5, 5.41) is 5.53. The first kappa shape index (κ1) is 18.5. The second-order valence-electron chi connectivity index (χ2n) is 7.98. The van der Waals surface area contributed by atoms with E-state index in [1.54, 1.807) is 4.68 Å². The van der Waals surface area contributed by atoms with Crippen molar-refractivity contribution in [1.29, 1.82) is 0 Å². The smallest absolute Gasteiger partial charge is 0.272 e. The van der Waals surface area contributed by atoms with Crippen molar-refractivity contribution in [3.05, 3.63) is 53.5 Å². The number of aromatic nitrogens is 3. The second kappa shape index (κ2) is 7.26. The first-order chi connectivity index (χ1) is 13.4. The van der Waals surface area contributed by atoms with E-state index in [9.17, 15) is 4.79 Å². The summed E-state index contributed by atoms with van der Waals surface area (Å²) < 4.78 is 1.70. The molecule has 4 rings (SSSR count). The van der Waals surface area contributed by atoms with Gasteiger partial charge in [-0.05, 0) is 37.0 Å². The van der Waals surface area contributed by atoms with E-state index < -0.39 is 0 Å². The van der Waals surface area contributed by atoms with E-state index >= 15 is 0 Å².